The van der Waals surface area contributed by atoms with Crippen molar-refractivity contribution < 1.29 is 9.53 Å². The van der Waals surface area contributed by atoms with Crippen LogP contribution in [0.3, 0.4) is 0 Å². The van der Waals surface area contributed by atoms with E-state index in [4.69, 9.17) is 16.3 Å². The van der Waals surface area contributed by atoms with E-state index in [1.807, 2.05) is 32.0 Å². The van der Waals surface area contributed by atoms with Gasteiger partial charge in [-0.3, -0.25) is 4.79 Å². The second-order valence-corrected chi connectivity index (χ2v) is 4.68. The van der Waals surface area contributed by atoms with Gasteiger partial charge in [0.25, 0.3) is 0 Å². The third kappa shape index (κ3) is 4.58. The van der Waals surface area contributed by atoms with Crippen LogP contribution in [0.15, 0.2) is 29.2 Å². The normalized spacial score (nSPS) is 10.4. The summed E-state index contributed by atoms with van der Waals surface area (Å²) in [6.45, 7) is 3.66. The lowest BCUT2D eigenvalue weighted by Gasteiger charge is -2.07. The van der Waals surface area contributed by atoms with Gasteiger partial charge in [-0.25, -0.2) is 0 Å². The molecule has 0 aliphatic rings. The van der Waals surface area contributed by atoms with Crippen molar-refractivity contribution in [3.05, 3.63) is 29.3 Å². The first kappa shape index (κ1) is 12.4. The molecule has 0 amide bonds. The van der Waals surface area contributed by atoms with Crippen molar-refractivity contribution in [2.45, 2.75) is 24.8 Å². The first-order valence-electron chi connectivity index (χ1n) is 4.66. The fraction of sp³-hybridized carbons (Fsp3) is 0.364. The number of carbonyl (C=O) groups excluding carboxylic acids is 1. The lowest BCUT2D eigenvalue weighted by molar-refractivity contribution is -0.144. The van der Waals surface area contributed by atoms with E-state index in [0.717, 1.165) is 4.90 Å². The molecule has 0 N–H and O–H groups in total. The molecule has 1 aromatic carbocycles. The third-order valence-corrected chi connectivity index (χ3v) is 3.04. The van der Waals surface area contributed by atoms with Gasteiger partial charge in [0.1, 0.15) is 0 Å². The maximum absolute atomic E-state index is 11.3. The Hall–Kier alpha value is -0.670. The lowest BCUT2D eigenvalue weighted by Crippen LogP contribution is -2.13. The van der Waals surface area contributed by atoms with Crippen molar-refractivity contribution in [3.63, 3.8) is 0 Å². The van der Waals surface area contributed by atoms with Gasteiger partial charge in [0.15, 0.2) is 0 Å². The molecule has 0 saturated heterocycles. The van der Waals surface area contributed by atoms with E-state index in [1.54, 1.807) is 6.07 Å². The van der Waals surface area contributed by atoms with Gasteiger partial charge in [0, 0.05) is 4.90 Å². The van der Waals surface area contributed by atoms with Crippen molar-refractivity contribution in [1.82, 2.24) is 0 Å². The Morgan fingerprint density at radius 1 is 1.47 bits per heavy atom. The predicted octanol–water partition coefficient (Wildman–Crippen LogP) is 3.38. The van der Waals surface area contributed by atoms with E-state index in [9.17, 15) is 4.79 Å². The van der Waals surface area contributed by atoms with E-state index in [1.165, 1.54) is 11.8 Å². The molecule has 1 aromatic rings. The monoisotopic (exact) mass is 244 g/mol. The molecule has 0 aromatic heterocycles. The molecule has 0 spiro atoms. The van der Waals surface area contributed by atoms with E-state index < -0.39 is 0 Å². The van der Waals surface area contributed by atoms with Crippen LogP contribution in [0.1, 0.15) is 13.8 Å². The second-order valence-electron chi connectivity index (χ2n) is 3.26. The number of hydrogen-bond acceptors (Lipinski definition) is 3. The Bertz CT molecular complexity index is 339. The number of hydrogen-bond donors (Lipinski definition) is 0. The topological polar surface area (TPSA) is 26.3 Å². The zero-order chi connectivity index (χ0) is 11.3. The van der Waals surface area contributed by atoms with Crippen LogP contribution < -0.4 is 0 Å². The van der Waals surface area contributed by atoms with Gasteiger partial charge < -0.3 is 4.74 Å². The highest BCUT2D eigenvalue weighted by molar-refractivity contribution is 8.00. The second kappa shape index (κ2) is 6.03. The highest BCUT2D eigenvalue weighted by Gasteiger charge is 2.07. The van der Waals surface area contributed by atoms with Crippen molar-refractivity contribution in [1.29, 1.82) is 0 Å². The Balaban J connectivity index is 2.44. The zero-order valence-corrected chi connectivity index (χ0v) is 10.3. The van der Waals surface area contributed by atoms with Gasteiger partial charge in [0.2, 0.25) is 0 Å². The Morgan fingerprint density at radius 2 is 2.13 bits per heavy atom. The summed E-state index contributed by atoms with van der Waals surface area (Å²) in [5, 5.41) is 0.667. The van der Waals surface area contributed by atoms with Gasteiger partial charge in [0.05, 0.1) is 16.9 Å². The maximum atomic E-state index is 11.3. The summed E-state index contributed by atoms with van der Waals surface area (Å²) in [6, 6.07) is 7.44. The fourth-order valence-corrected chi connectivity index (χ4v) is 2.02. The predicted molar refractivity (Wildman–Crippen MR) is 63.4 cm³/mol. The van der Waals surface area contributed by atoms with E-state index in [2.05, 4.69) is 0 Å². The average molecular weight is 245 g/mol. The molecule has 4 heteroatoms. The Morgan fingerprint density at radius 3 is 2.73 bits per heavy atom. The molecule has 0 aliphatic heterocycles. The van der Waals surface area contributed by atoms with Crippen LogP contribution >= 0.6 is 23.4 Å². The van der Waals surface area contributed by atoms with Gasteiger partial charge in [-0.2, -0.15) is 0 Å². The number of carbonyl (C=O) groups is 1. The molecule has 0 bridgehead atoms. The molecule has 0 atom stereocenters. The molecule has 0 aliphatic carbocycles. The van der Waals surface area contributed by atoms with E-state index in [0.29, 0.717) is 10.8 Å². The minimum atomic E-state index is -0.213. The first-order chi connectivity index (χ1) is 7.09. The van der Waals surface area contributed by atoms with Crippen molar-refractivity contribution in [2.24, 2.45) is 0 Å². The largest absolute Gasteiger partial charge is 0.462 e. The number of esters is 1. The summed E-state index contributed by atoms with van der Waals surface area (Å²) in [7, 11) is 0. The summed E-state index contributed by atoms with van der Waals surface area (Å²) in [5.41, 5.74) is 0. The molecular formula is C11H13ClO2S. The molecule has 0 heterocycles. The van der Waals surface area contributed by atoms with Crippen molar-refractivity contribution >= 4 is 29.3 Å². The average Bonchev–Trinajstić information content (AvgIpc) is 2.15. The summed E-state index contributed by atoms with van der Waals surface area (Å²) >= 11 is 7.33. The smallest absolute Gasteiger partial charge is 0.316 e. The number of ether oxygens (including phenoxy) is 1. The van der Waals surface area contributed by atoms with Crippen molar-refractivity contribution in [2.75, 3.05) is 5.75 Å². The number of thioether (sulfide) groups is 1. The Kier molecular flexibility index (Phi) is 4.99. The van der Waals surface area contributed by atoms with Crippen LogP contribution in [0, 0.1) is 0 Å². The zero-order valence-electron chi connectivity index (χ0n) is 8.70. The van der Waals surface area contributed by atoms with Gasteiger partial charge in [-0.1, -0.05) is 23.7 Å². The van der Waals surface area contributed by atoms with Crippen LogP contribution in [-0.2, 0) is 9.53 Å². The molecule has 0 saturated carbocycles. The third-order valence-electron chi connectivity index (χ3n) is 1.55. The van der Waals surface area contributed by atoms with Gasteiger partial charge in [-0.15, -0.1) is 11.8 Å². The Labute approximate surface area is 99.0 Å². The molecular weight excluding hydrogens is 232 g/mol. The molecule has 0 unspecified atom stereocenters. The van der Waals surface area contributed by atoms with Crippen LogP contribution in [0.25, 0.3) is 0 Å². The van der Waals surface area contributed by atoms with E-state index >= 15 is 0 Å². The number of rotatable bonds is 4. The fourth-order valence-electron chi connectivity index (χ4n) is 0.995. The minimum absolute atomic E-state index is 0.0654. The van der Waals surface area contributed by atoms with Gasteiger partial charge in [-0.05, 0) is 26.0 Å². The molecule has 82 valence electrons. The summed E-state index contributed by atoms with van der Waals surface area (Å²) in [4.78, 5) is 12.2. The standard InChI is InChI=1S/C11H13ClO2S/c1-8(2)14-11(13)7-15-10-6-4-3-5-9(10)12/h3-6,8H,7H2,1-2H3. The minimum Gasteiger partial charge on any atom is -0.462 e. The summed E-state index contributed by atoms with van der Waals surface area (Å²) in [5.74, 6) is 0.0805. The summed E-state index contributed by atoms with van der Waals surface area (Å²) < 4.78 is 5.01. The van der Waals surface area contributed by atoms with Crippen LogP contribution in [0.2, 0.25) is 5.02 Å². The lowest BCUT2D eigenvalue weighted by atomic mass is 10.4. The van der Waals surface area contributed by atoms with Gasteiger partial charge >= 0.3 is 5.97 Å². The van der Waals surface area contributed by atoms with E-state index in [-0.39, 0.29) is 12.1 Å². The van der Waals surface area contributed by atoms with Crippen LogP contribution in [-0.4, -0.2) is 17.8 Å². The highest BCUT2D eigenvalue weighted by Crippen LogP contribution is 2.26. The molecule has 0 radical (unpaired) electrons. The van der Waals surface area contributed by atoms with Crippen LogP contribution in [0.5, 0.6) is 0 Å². The first-order valence-corrected chi connectivity index (χ1v) is 6.02. The molecule has 0 fully saturated rings. The van der Waals surface area contributed by atoms with Crippen LogP contribution in [0.4, 0.5) is 0 Å². The molecule has 2 nitrogen and oxygen atoms in total. The maximum Gasteiger partial charge on any atom is 0.316 e. The highest BCUT2D eigenvalue weighted by atomic mass is 35.5. The summed E-state index contributed by atoms with van der Waals surface area (Å²) in [6.07, 6.45) is -0.0654. The van der Waals surface area contributed by atoms with Crippen molar-refractivity contribution in [3.8, 4) is 0 Å². The number of benzene rings is 1. The molecule has 1 rings (SSSR count). The molecule has 15 heavy (non-hydrogen) atoms. The number of halogens is 1. The quantitative estimate of drug-likeness (QED) is 0.600. The SMILES string of the molecule is CC(C)OC(=O)CSc1ccccc1Cl.